The van der Waals surface area contributed by atoms with Gasteiger partial charge in [0, 0.05) is 40.2 Å². The Kier molecular flexibility index (Phi) is 8.32. The number of amides is 1. The van der Waals surface area contributed by atoms with E-state index in [0.29, 0.717) is 32.4 Å². The molecule has 0 radical (unpaired) electrons. The summed E-state index contributed by atoms with van der Waals surface area (Å²) in [7, 11) is 3.27. The van der Waals surface area contributed by atoms with E-state index in [2.05, 4.69) is 0 Å². The molecule has 0 aromatic carbocycles. The van der Waals surface area contributed by atoms with Crippen molar-refractivity contribution in [2.45, 2.75) is 37.9 Å². The van der Waals surface area contributed by atoms with E-state index in [-0.39, 0.29) is 21.9 Å². The molecular weight excluding hydrogens is 373 g/mol. The Morgan fingerprint density at radius 1 is 1.30 bits per heavy atom. The minimum absolute atomic E-state index is 0.0786. The van der Waals surface area contributed by atoms with Gasteiger partial charge in [0.05, 0.1) is 0 Å². The number of hydrogen-bond donors (Lipinski definition) is 0. The van der Waals surface area contributed by atoms with E-state index in [9.17, 15) is 9.59 Å². The number of nitrogens with zero attached hydrogens (tertiary/aromatic N) is 1. The third-order valence-electron chi connectivity index (χ3n) is 3.35. The van der Waals surface area contributed by atoms with Crippen molar-refractivity contribution in [2.24, 2.45) is 0 Å². The molecule has 0 aromatic heterocycles. The monoisotopic (exact) mass is 395 g/mol. The molecule has 0 saturated carbocycles. The second-order valence-corrected chi connectivity index (χ2v) is 5.94. The number of ether oxygens (including phenoxy) is 2. The summed E-state index contributed by atoms with van der Waals surface area (Å²) in [5.41, 5.74) is 0. The van der Waals surface area contributed by atoms with Gasteiger partial charge in [-0.05, 0) is 35.4 Å². The fourth-order valence-electron chi connectivity index (χ4n) is 2.20. The predicted molar refractivity (Wildman–Crippen MR) is 84.8 cm³/mol. The van der Waals surface area contributed by atoms with Crippen molar-refractivity contribution in [1.82, 2.24) is 4.90 Å². The van der Waals surface area contributed by atoms with Crippen molar-refractivity contribution in [3.05, 3.63) is 12.2 Å². The second kappa shape index (κ2) is 9.46. The molecule has 0 N–H and O–H groups in total. The van der Waals surface area contributed by atoms with Gasteiger partial charge in [0.2, 0.25) is 5.91 Å². The van der Waals surface area contributed by atoms with Crippen LogP contribution in [0.4, 0.5) is 0 Å². The SMILES string of the molecule is CO[C@H]1/C=C\CCN(C(=O)CCCC(=O)I)C[C@@H]1OC. The number of halogens is 1. The van der Waals surface area contributed by atoms with Gasteiger partial charge in [-0.2, -0.15) is 0 Å². The fourth-order valence-corrected chi connectivity index (χ4v) is 2.58. The maximum absolute atomic E-state index is 12.2. The fraction of sp³-hybridized carbons (Fsp3) is 0.714. The van der Waals surface area contributed by atoms with Crippen LogP contribution in [0.5, 0.6) is 0 Å². The van der Waals surface area contributed by atoms with Crippen LogP contribution < -0.4 is 0 Å². The normalized spacial score (nSPS) is 24.9. The Hall–Kier alpha value is -0.470. The highest BCUT2D eigenvalue weighted by molar-refractivity contribution is 14.1. The summed E-state index contributed by atoms with van der Waals surface area (Å²) >= 11 is 1.76. The molecule has 1 rings (SSSR count). The molecular formula is C14H22INO4. The maximum atomic E-state index is 12.2. The average molecular weight is 395 g/mol. The summed E-state index contributed by atoms with van der Waals surface area (Å²) in [6.07, 6.45) is 6.00. The number of rotatable bonds is 6. The number of carbonyl (C=O) groups is 2. The molecule has 0 spiro atoms. The largest absolute Gasteiger partial charge is 0.377 e. The number of carbonyl (C=O) groups excluding carboxylic acids is 2. The number of hydrogen-bond acceptors (Lipinski definition) is 4. The molecule has 1 aliphatic heterocycles. The molecule has 2 atom stereocenters. The van der Waals surface area contributed by atoms with Crippen molar-refractivity contribution in [3.63, 3.8) is 0 Å². The summed E-state index contributed by atoms with van der Waals surface area (Å²) in [6, 6.07) is 0. The third kappa shape index (κ3) is 5.88. The molecule has 1 amide bonds. The third-order valence-corrected chi connectivity index (χ3v) is 3.89. The second-order valence-electron chi connectivity index (χ2n) is 4.74. The average Bonchev–Trinajstić information content (AvgIpc) is 2.38. The summed E-state index contributed by atoms with van der Waals surface area (Å²) in [5, 5.41) is 0. The molecule has 0 unspecified atom stereocenters. The molecule has 0 aromatic rings. The van der Waals surface area contributed by atoms with Gasteiger partial charge in [-0.3, -0.25) is 9.59 Å². The lowest BCUT2D eigenvalue weighted by molar-refractivity contribution is -0.134. The zero-order chi connectivity index (χ0) is 15.0. The van der Waals surface area contributed by atoms with Gasteiger partial charge in [-0.25, -0.2) is 0 Å². The summed E-state index contributed by atoms with van der Waals surface area (Å²) < 4.78 is 10.9. The molecule has 0 bridgehead atoms. The highest BCUT2D eigenvalue weighted by Crippen LogP contribution is 2.13. The van der Waals surface area contributed by atoms with E-state index >= 15 is 0 Å². The Bertz CT molecular complexity index is 359. The van der Waals surface area contributed by atoms with Gasteiger partial charge in [0.15, 0.2) is 3.79 Å². The quantitative estimate of drug-likeness (QED) is 0.392. The first-order chi connectivity index (χ1) is 9.58. The van der Waals surface area contributed by atoms with Crippen molar-refractivity contribution in [2.75, 3.05) is 27.3 Å². The smallest absolute Gasteiger partial charge is 0.222 e. The van der Waals surface area contributed by atoms with Gasteiger partial charge >= 0.3 is 0 Å². The molecule has 20 heavy (non-hydrogen) atoms. The van der Waals surface area contributed by atoms with E-state index in [1.165, 1.54) is 0 Å². The summed E-state index contributed by atoms with van der Waals surface area (Å²) in [4.78, 5) is 24.9. The number of methoxy groups -OCH3 is 2. The minimum atomic E-state index is -0.160. The first kappa shape index (κ1) is 17.6. The summed E-state index contributed by atoms with van der Waals surface area (Å²) in [5.74, 6) is 0.0786. The molecule has 0 aliphatic carbocycles. The van der Waals surface area contributed by atoms with Gasteiger partial charge < -0.3 is 14.4 Å². The van der Waals surface area contributed by atoms with E-state index in [0.717, 1.165) is 6.42 Å². The lowest BCUT2D eigenvalue weighted by atomic mass is 10.1. The Balaban J connectivity index is 2.57. The first-order valence-corrected chi connectivity index (χ1v) is 7.84. The minimum Gasteiger partial charge on any atom is -0.377 e. The predicted octanol–water partition coefficient (Wildman–Crippen LogP) is 1.94. The lowest BCUT2D eigenvalue weighted by Gasteiger charge is -2.31. The maximum Gasteiger partial charge on any atom is 0.222 e. The van der Waals surface area contributed by atoms with E-state index < -0.39 is 0 Å². The van der Waals surface area contributed by atoms with Crippen molar-refractivity contribution < 1.29 is 19.1 Å². The van der Waals surface area contributed by atoms with E-state index in [1.54, 1.807) is 41.7 Å². The Labute approximate surface area is 133 Å². The molecule has 114 valence electrons. The van der Waals surface area contributed by atoms with Crippen LogP contribution in [-0.2, 0) is 19.1 Å². The van der Waals surface area contributed by atoms with Crippen LogP contribution in [0.3, 0.4) is 0 Å². The highest BCUT2D eigenvalue weighted by atomic mass is 127. The van der Waals surface area contributed by atoms with Gasteiger partial charge in [-0.1, -0.05) is 12.2 Å². The lowest BCUT2D eigenvalue weighted by Crippen LogP contribution is -2.44. The van der Waals surface area contributed by atoms with Crippen LogP contribution in [0.1, 0.15) is 25.7 Å². The van der Waals surface area contributed by atoms with Crippen molar-refractivity contribution >= 4 is 32.3 Å². The molecule has 5 nitrogen and oxygen atoms in total. The van der Waals surface area contributed by atoms with Crippen LogP contribution in [0.2, 0.25) is 0 Å². The first-order valence-electron chi connectivity index (χ1n) is 6.76. The van der Waals surface area contributed by atoms with Gasteiger partial charge in [-0.15, -0.1) is 0 Å². The molecule has 6 heteroatoms. The van der Waals surface area contributed by atoms with Gasteiger partial charge in [0.25, 0.3) is 0 Å². The molecule has 0 fully saturated rings. The zero-order valence-electron chi connectivity index (χ0n) is 12.0. The molecule has 1 aliphatic rings. The van der Waals surface area contributed by atoms with Crippen LogP contribution >= 0.6 is 22.6 Å². The van der Waals surface area contributed by atoms with Crippen molar-refractivity contribution in [1.29, 1.82) is 0 Å². The Morgan fingerprint density at radius 2 is 2.05 bits per heavy atom. The van der Waals surface area contributed by atoms with E-state index in [4.69, 9.17) is 9.47 Å². The summed E-state index contributed by atoms with van der Waals surface area (Å²) in [6.45, 7) is 1.21. The van der Waals surface area contributed by atoms with E-state index in [1.807, 2.05) is 12.2 Å². The molecule has 0 saturated heterocycles. The van der Waals surface area contributed by atoms with Crippen LogP contribution in [0.25, 0.3) is 0 Å². The van der Waals surface area contributed by atoms with Crippen molar-refractivity contribution in [3.8, 4) is 0 Å². The Morgan fingerprint density at radius 3 is 2.65 bits per heavy atom. The molecule has 1 heterocycles. The zero-order valence-corrected chi connectivity index (χ0v) is 14.2. The highest BCUT2D eigenvalue weighted by Gasteiger charge is 2.25. The van der Waals surface area contributed by atoms with Crippen LogP contribution in [-0.4, -0.2) is 54.1 Å². The van der Waals surface area contributed by atoms with Crippen LogP contribution in [0, 0.1) is 0 Å². The van der Waals surface area contributed by atoms with Crippen LogP contribution in [0.15, 0.2) is 12.2 Å². The topological polar surface area (TPSA) is 55.8 Å². The van der Waals surface area contributed by atoms with Gasteiger partial charge in [0.1, 0.15) is 12.2 Å². The standard InChI is InChI=1S/C14H22INO4/c1-19-11-6-3-4-9-16(10-12(11)20-2)14(18)8-5-7-13(15)17/h3,6,11-12H,4-5,7-10H2,1-2H3/b6-3-/t11-,12-/m0/s1.